The standard InChI is InChI=1S/C13H14ClN3OS/c1-17(8-11-6-7-15-16-11)13(18)9-19-12-4-2-10(14)3-5-12/h2-7H,8-9H2,1H3,(H,15,16). The van der Waals surface area contributed by atoms with Crippen LogP contribution in [0.5, 0.6) is 0 Å². The number of nitrogens with one attached hydrogen (secondary N) is 1. The summed E-state index contributed by atoms with van der Waals surface area (Å²) in [7, 11) is 1.78. The minimum atomic E-state index is 0.0783. The molecule has 1 N–H and O–H groups in total. The molecular formula is C13H14ClN3OS. The fraction of sp³-hybridized carbons (Fsp3) is 0.231. The second-order valence-corrected chi connectivity index (χ2v) is 5.56. The number of carbonyl (C=O) groups excluding carboxylic acids is 1. The zero-order chi connectivity index (χ0) is 13.7. The minimum Gasteiger partial charge on any atom is -0.339 e. The Bertz CT molecular complexity index is 527. The summed E-state index contributed by atoms with van der Waals surface area (Å²) in [6.45, 7) is 0.542. The van der Waals surface area contributed by atoms with Crippen LogP contribution in [0.4, 0.5) is 0 Å². The number of benzene rings is 1. The highest BCUT2D eigenvalue weighted by atomic mass is 35.5. The molecule has 0 unspecified atom stereocenters. The molecule has 0 radical (unpaired) electrons. The van der Waals surface area contributed by atoms with Crippen molar-refractivity contribution >= 4 is 29.3 Å². The van der Waals surface area contributed by atoms with Crippen LogP contribution in [-0.4, -0.2) is 33.8 Å². The molecule has 0 saturated carbocycles. The summed E-state index contributed by atoms with van der Waals surface area (Å²) in [5, 5.41) is 7.39. The van der Waals surface area contributed by atoms with Gasteiger partial charge in [-0.3, -0.25) is 9.89 Å². The molecule has 0 aliphatic rings. The van der Waals surface area contributed by atoms with Gasteiger partial charge in [0.1, 0.15) is 0 Å². The van der Waals surface area contributed by atoms with Crippen molar-refractivity contribution in [2.24, 2.45) is 0 Å². The maximum absolute atomic E-state index is 12.0. The number of aromatic amines is 1. The number of hydrogen-bond donors (Lipinski definition) is 1. The maximum atomic E-state index is 12.0. The van der Waals surface area contributed by atoms with Crippen LogP contribution in [0.2, 0.25) is 5.02 Å². The van der Waals surface area contributed by atoms with Gasteiger partial charge in [-0.15, -0.1) is 11.8 Å². The Balaban J connectivity index is 1.82. The summed E-state index contributed by atoms with van der Waals surface area (Å²) < 4.78 is 0. The Hall–Kier alpha value is -1.46. The summed E-state index contributed by atoms with van der Waals surface area (Å²) >= 11 is 7.31. The summed E-state index contributed by atoms with van der Waals surface area (Å²) in [6.07, 6.45) is 1.68. The van der Waals surface area contributed by atoms with Gasteiger partial charge in [0.2, 0.25) is 5.91 Å². The molecule has 0 fully saturated rings. The van der Waals surface area contributed by atoms with Crippen molar-refractivity contribution in [1.29, 1.82) is 0 Å². The lowest BCUT2D eigenvalue weighted by molar-refractivity contribution is -0.127. The van der Waals surface area contributed by atoms with E-state index < -0.39 is 0 Å². The SMILES string of the molecule is CN(Cc1ccn[nH]1)C(=O)CSc1ccc(Cl)cc1. The molecule has 2 aromatic rings. The molecule has 0 aliphatic heterocycles. The summed E-state index contributed by atoms with van der Waals surface area (Å²) in [6, 6.07) is 9.33. The zero-order valence-electron chi connectivity index (χ0n) is 10.5. The van der Waals surface area contributed by atoms with Crippen LogP contribution in [0.15, 0.2) is 41.4 Å². The summed E-state index contributed by atoms with van der Waals surface area (Å²) in [5.41, 5.74) is 0.923. The van der Waals surface area contributed by atoms with Gasteiger partial charge in [0, 0.05) is 23.2 Å². The number of carbonyl (C=O) groups is 1. The summed E-state index contributed by atoms with van der Waals surface area (Å²) in [4.78, 5) is 14.7. The Labute approximate surface area is 121 Å². The third-order valence-electron chi connectivity index (χ3n) is 2.57. The van der Waals surface area contributed by atoms with Crippen molar-refractivity contribution in [2.45, 2.75) is 11.4 Å². The van der Waals surface area contributed by atoms with Crippen LogP contribution in [-0.2, 0) is 11.3 Å². The second kappa shape index (κ2) is 6.63. The number of halogens is 1. The fourth-order valence-electron chi connectivity index (χ4n) is 1.50. The average Bonchev–Trinajstić information content (AvgIpc) is 2.90. The van der Waals surface area contributed by atoms with Gasteiger partial charge < -0.3 is 4.90 Å². The van der Waals surface area contributed by atoms with E-state index in [2.05, 4.69) is 10.2 Å². The van der Waals surface area contributed by atoms with Gasteiger partial charge in [-0.05, 0) is 30.3 Å². The highest BCUT2D eigenvalue weighted by Gasteiger charge is 2.10. The molecule has 0 aliphatic carbocycles. The molecule has 1 amide bonds. The lowest BCUT2D eigenvalue weighted by atomic mass is 10.4. The third kappa shape index (κ3) is 4.29. The predicted molar refractivity (Wildman–Crippen MR) is 77.2 cm³/mol. The predicted octanol–water partition coefficient (Wildman–Crippen LogP) is 2.81. The van der Waals surface area contributed by atoms with Crippen molar-refractivity contribution < 1.29 is 4.79 Å². The van der Waals surface area contributed by atoms with Gasteiger partial charge >= 0.3 is 0 Å². The largest absolute Gasteiger partial charge is 0.339 e. The van der Waals surface area contributed by atoms with E-state index in [9.17, 15) is 4.79 Å². The third-order valence-corrected chi connectivity index (χ3v) is 3.82. The van der Waals surface area contributed by atoms with Crippen LogP contribution in [0.25, 0.3) is 0 Å². The number of aromatic nitrogens is 2. The number of hydrogen-bond acceptors (Lipinski definition) is 3. The van der Waals surface area contributed by atoms with Crippen LogP contribution in [0, 0.1) is 0 Å². The number of H-pyrrole nitrogens is 1. The Morgan fingerprint density at radius 1 is 1.37 bits per heavy atom. The molecule has 0 atom stereocenters. The van der Waals surface area contributed by atoms with E-state index in [1.54, 1.807) is 18.1 Å². The monoisotopic (exact) mass is 295 g/mol. The van der Waals surface area contributed by atoms with E-state index >= 15 is 0 Å². The highest BCUT2D eigenvalue weighted by Crippen LogP contribution is 2.20. The van der Waals surface area contributed by atoms with E-state index in [1.165, 1.54) is 11.8 Å². The number of amides is 1. The Morgan fingerprint density at radius 2 is 2.11 bits per heavy atom. The van der Waals surface area contributed by atoms with E-state index in [0.717, 1.165) is 10.6 Å². The highest BCUT2D eigenvalue weighted by molar-refractivity contribution is 8.00. The lowest BCUT2D eigenvalue weighted by Gasteiger charge is -2.15. The first kappa shape index (κ1) is 14.0. The second-order valence-electron chi connectivity index (χ2n) is 4.07. The number of nitrogens with zero attached hydrogens (tertiary/aromatic N) is 2. The molecule has 1 aromatic heterocycles. The van der Waals surface area contributed by atoms with E-state index in [1.807, 2.05) is 30.3 Å². The van der Waals surface area contributed by atoms with Crippen LogP contribution >= 0.6 is 23.4 Å². The van der Waals surface area contributed by atoms with Crippen molar-refractivity contribution in [2.75, 3.05) is 12.8 Å². The van der Waals surface area contributed by atoms with Crippen molar-refractivity contribution in [3.8, 4) is 0 Å². The quantitative estimate of drug-likeness (QED) is 0.863. The summed E-state index contributed by atoms with van der Waals surface area (Å²) in [5.74, 6) is 0.487. The smallest absolute Gasteiger partial charge is 0.233 e. The van der Waals surface area contributed by atoms with Crippen LogP contribution in [0.1, 0.15) is 5.69 Å². The van der Waals surface area contributed by atoms with Gasteiger partial charge in [0.25, 0.3) is 0 Å². The lowest BCUT2D eigenvalue weighted by Crippen LogP contribution is -2.27. The van der Waals surface area contributed by atoms with Gasteiger partial charge in [0.05, 0.1) is 18.0 Å². The molecule has 19 heavy (non-hydrogen) atoms. The molecule has 1 aromatic carbocycles. The molecule has 1 heterocycles. The van der Waals surface area contributed by atoms with Crippen molar-refractivity contribution in [1.82, 2.24) is 15.1 Å². The van der Waals surface area contributed by atoms with Gasteiger partial charge in [0.15, 0.2) is 0 Å². The van der Waals surface area contributed by atoms with Gasteiger partial charge in [-0.25, -0.2) is 0 Å². The molecule has 100 valence electrons. The fourth-order valence-corrected chi connectivity index (χ4v) is 2.47. The normalized spacial score (nSPS) is 10.4. The van der Waals surface area contributed by atoms with Gasteiger partial charge in [-0.1, -0.05) is 11.6 Å². The molecule has 2 rings (SSSR count). The van der Waals surface area contributed by atoms with Crippen molar-refractivity contribution in [3.05, 3.63) is 47.2 Å². The minimum absolute atomic E-state index is 0.0783. The molecule has 0 bridgehead atoms. The first-order valence-corrected chi connectivity index (χ1v) is 7.12. The van der Waals surface area contributed by atoms with Crippen LogP contribution < -0.4 is 0 Å². The van der Waals surface area contributed by atoms with Crippen LogP contribution in [0.3, 0.4) is 0 Å². The molecule has 6 heteroatoms. The first-order valence-electron chi connectivity index (χ1n) is 5.76. The molecule has 0 spiro atoms. The molecule has 4 nitrogen and oxygen atoms in total. The average molecular weight is 296 g/mol. The van der Waals surface area contributed by atoms with Gasteiger partial charge in [-0.2, -0.15) is 5.10 Å². The first-order chi connectivity index (χ1) is 9.15. The topological polar surface area (TPSA) is 49.0 Å². The Kier molecular flexibility index (Phi) is 4.87. The maximum Gasteiger partial charge on any atom is 0.233 e. The number of thioether (sulfide) groups is 1. The number of rotatable bonds is 5. The van der Waals surface area contributed by atoms with E-state index in [-0.39, 0.29) is 5.91 Å². The van der Waals surface area contributed by atoms with E-state index in [0.29, 0.717) is 17.3 Å². The Morgan fingerprint density at radius 3 is 2.74 bits per heavy atom. The zero-order valence-corrected chi connectivity index (χ0v) is 12.0. The van der Waals surface area contributed by atoms with E-state index in [4.69, 9.17) is 11.6 Å². The molecular weight excluding hydrogens is 282 g/mol. The van der Waals surface area contributed by atoms with Crippen molar-refractivity contribution in [3.63, 3.8) is 0 Å². The molecule has 0 saturated heterocycles.